The first-order valence-corrected chi connectivity index (χ1v) is 5.72. The standard InChI is InChI=1S/C9H6N2OS2/c10-5-13-6-11-7-3-1-2-4-8(7)14-9(11)12/h1-4H,6H2. The lowest BCUT2D eigenvalue weighted by molar-refractivity contribution is 0.916. The summed E-state index contributed by atoms with van der Waals surface area (Å²) in [4.78, 5) is 11.5. The van der Waals surface area contributed by atoms with Gasteiger partial charge in [-0.2, -0.15) is 5.26 Å². The van der Waals surface area contributed by atoms with E-state index in [1.54, 1.807) is 4.57 Å². The Hall–Kier alpha value is -1.25. The van der Waals surface area contributed by atoms with Crippen LogP contribution in [0.15, 0.2) is 29.1 Å². The van der Waals surface area contributed by atoms with Crippen LogP contribution >= 0.6 is 23.1 Å². The Morgan fingerprint density at radius 1 is 1.50 bits per heavy atom. The topological polar surface area (TPSA) is 45.8 Å². The second kappa shape index (κ2) is 3.86. The average molecular weight is 222 g/mol. The maximum Gasteiger partial charge on any atom is 0.308 e. The van der Waals surface area contributed by atoms with Crippen molar-refractivity contribution in [2.75, 3.05) is 0 Å². The molecule has 1 heterocycles. The minimum absolute atomic E-state index is 0.00560. The molecule has 5 heteroatoms. The minimum atomic E-state index is -0.00560. The number of thiazole rings is 1. The van der Waals surface area contributed by atoms with Gasteiger partial charge in [0.05, 0.1) is 16.1 Å². The number of rotatable bonds is 2. The van der Waals surface area contributed by atoms with E-state index in [-0.39, 0.29) is 4.87 Å². The highest BCUT2D eigenvalue weighted by molar-refractivity contribution is 8.02. The highest BCUT2D eigenvalue weighted by atomic mass is 32.2. The first kappa shape index (κ1) is 9.31. The second-order valence-corrected chi connectivity index (χ2v) is 4.35. The number of para-hydroxylation sites is 1. The Kier molecular flexibility index (Phi) is 2.57. The van der Waals surface area contributed by atoms with E-state index in [9.17, 15) is 4.79 Å². The fraction of sp³-hybridized carbons (Fsp3) is 0.111. The van der Waals surface area contributed by atoms with Gasteiger partial charge in [0.1, 0.15) is 5.40 Å². The Labute approximate surface area is 88.6 Å². The molecule has 0 aliphatic carbocycles. The second-order valence-electron chi connectivity index (χ2n) is 2.63. The van der Waals surface area contributed by atoms with E-state index in [2.05, 4.69) is 0 Å². The van der Waals surface area contributed by atoms with Crippen molar-refractivity contribution < 1.29 is 0 Å². The summed E-state index contributed by atoms with van der Waals surface area (Å²) in [5.41, 5.74) is 0.908. The van der Waals surface area contributed by atoms with Crippen LogP contribution in [0.3, 0.4) is 0 Å². The van der Waals surface area contributed by atoms with Gasteiger partial charge in [-0.3, -0.25) is 9.36 Å². The molecule has 2 aromatic rings. The zero-order valence-electron chi connectivity index (χ0n) is 7.14. The van der Waals surface area contributed by atoms with Gasteiger partial charge in [0, 0.05) is 0 Å². The van der Waals surface area contributed by atoms with Crippen LogP contribution in [0, 0.1) is 10.7 Å². The van der Waals surface area contributed by atoms with Crippen molar-refractivity contribution in [3.05, 3.63) is 33.9 Å². The quantitative estimate of drug-likeness (QED) is 0.732. The molecule has 1 aromatic heterocycles. The van der Waals surface area contributed by atoms with Gasteiger partial charge in [0.2, 0.25) is 0 Å². The van der Waals surface area contributed by atoms with Crippen LogP contribution in [0.5, 0.6) is 0 Å². The van der Waals surface area contributed by atoms with Gasteiger partial charge in [-0.05, 0) is 23.9 Å². The number of aromatic nitrogens is 1. The van der Waals surface area contributed by atoms with E-state index in [0.29, 0.717) is 5.88 Å². The lowest BCUT2D eigenvalue weighted by atomic mass is 10.3. The molecule has 0 aliphatic rings. The minimum Gasteiger partial charge on any atom is -0.288 e. The fourth-order valence-electron chi connectivity index (χ4n) is 1.23. The van der Waals surface area contributed by atoms with Gasteiger partial charge < -0.3 is 0 Å². The smallest absolute Gasteiger partial charge is 0.288 e. The molecular formula is C9H6N2OS2. The van der Waals surface area contributed by atoms with Gasteiger partial charge in [0.25, 0.3) is 0 Å². The molecule has 0 amide bonds. The van der Waals surface area contributed by atoms with Gasteiger partial charge >= 0.3 is 4.87 Å². The lowest BCUT2D eigenvalue weighted by Gasteiger charge is -1.97. The highest BCUT2D eigenvalue weighted by Gasteiger charge is 2.05. The van der Waals surface area contributed by atoms with Crippen LogP contribution in [0.2, 0.25) is 0 Å². The summed E-state index contributed by atoms with van der Waals surface area (Å²) in [6.07, 6.45) is 0. The van der Waals surface area contributed by atoms with Crippen LogP contribution in [0.4, 0.5) is 0 Å². The maximum absolute atomic E-state index is 11.5. The van der Waals surface area contributed by atoms with Crippen LogP contribution in [0.1, 0.15) is 0 Å². The van der Waals surface area contributed by atoms with Gasteiger partial charge in [-0.25, -0.2) is 0 Å². The molecule has 0 saturated carbocycles. The molecule has 0 N–H and O–H groups in total. The van der Waals surface area contributed by atoms with E-state index in [0.717, 1.165) is 22.0 Å². The number of benzene rings is 1. The average Bonchev–Trinajstić information content (AvgIpc) is 2.51. The molecule has 1 aromatic carbocycles. The molecule has 0 radical (unpaired) electrons. The zero-order valence-corrected chi connectivity index (χ0v) is 8.77. The van der Waals surface area contributed by atoms with E-state index in [1.165, 1.54) is 11.3 Å². The molecule has 3 nitrogen and oxygen atoms in total. The molecule has 70 valence electrons. The Morgan fingerprint density at radius 3 is 3.07 bits per heavy atom. The third kappa shape index (κ3) is 1.54. The zero-order chi connectivity index (χ0) is 9.97. The summed E-state index contributed by atoms with van der Waals surface area (Å²) in [5, 5.41) is 10.4. The predicted molar refractivity (Wildman–Crippen MR) is 59.3 cm³/mol. The van der Waals surface area contributed by atoms with Crippen molar-refractivity contribution in [3.8, 4) is 5.40 Å². The first-order chi connectivity index (χ1) is 6.83. The summed E-state index contributed by atoms with van der Waals surface area (Å²) in [6.45, 7) is 0. The summed E-state index contributed by atoms with van der Waals surface area (Å²) >= 11 is 2.28. The molecule has 0 spiro atoms. The lowest BCUT2D eigenvalue weighted by Crippen LogP contribution is -2.10. The molecular weight excluding hydrogens is 216 g/mol. The summed E-state index contributed by atoms with van der Waals surface area (Å²) in [5.74, 6) is 0.402. The number of thioether (sulfide) groups is 1. The van der Waals surface area contributed by atoms with Crippen molar-refractivity contribution in [1.29, 1.82) is 5.26 Å². The number of nitrogens with zero attached hydrogens (tertiary/aromatic N) is 2. The van der Waals surface area contributed by atoms with Crippen LogP contribution in [-0.4, -0.2) is 4.57 Å². The maximum atomic E-state index is 11.5. The normalized spacial score (nSPS) is 10.2. The van der Waals surface area contributed by atoms with E-state index >= 15 is 0 Å². The van der Waals surface area contributed by atoms with Crippen molar-refractivity contribution in [1.82, 2.24) is 4.57 Å². The molecule has 0 saturated heterocycles. The highest BCUT2D eigenvalue weighted by Crippen LogP contribution is 2.17. The molecule has 0 aliphatic heterocycles. The third-order valence-electron chi connectivity index (χ3n) is 1.83. The summed E-state index contributed by atoms with van der Waals surface area (Å²) < 4.78 is 2.59. The molecule has 2 rings (SSSR count). The predicted octanol–water partition coefficient (Wildman–Crippen LogP) is 2.23. The number of fused-ring (bicyclic) bond motifs is 1. The number of nitriles is 1. The van der Waals surface area contributed by atoms with E-state index < -0.39 is 0 Å². The molecule has 14 heavy (non-hydrogen) atoms. The van der Waals surface area contributed by atoms with Crippen LogP contribution < -0.4 is 4.87 Å². The summed E-state index contributed by atoms with van der Waals surface area (Å²) in [7, 11) is 0. The van der Waals surface area contributed by atoms with Crippen molar-refractivity contribution >= 4 is 33.3 Å². The van der Waals surface area contributed by atoms with Crippen molar-refractivity contribution in [3.63, 3.8) is 0 Å². The summed E-state index contributed by atoms with van der Waals surface area (Å²) in [6, 6.07) is 7.60. The first-order valence-electron chi connectivity index (χ1n) is 3.92. The number of thiocyanates is 1. The van der Waals surface area contributed by atoms with E-state index in [1.807, 2.05) is 29.7 Å². The van der Waals surface area contributed by atoms with Crippen LogP contribution in [-0.2, 0) is 5.88 Å². The number of hydrogen-bond acceptors (Lipinski definition) is 4. The largest absolute Gasteiger partial charge is 0.308 e. The molecule has 0 fully saturated rings. The third-order valence-corrected chi connectivity index (χ3v) is 3.31. The van der Waals surface area contributed by atoms with Crippen LogP contribution in [0.25, 0.3) is 10.2 Å². The number of hydrogen-bond donors (Lipinski definition) is 0. The van der Waals surface area contributed by atoms with Gasteiger partial charge in [-0.1, -0.05) is 23.5 Å². The monoisotopic (exact) mass is 222 g/mol. The Morgan fingerprint density at radius 2 is 2.29 bits per heavy atom. The van der Waals surface area contributed by atoms with Crippen molar-refractivity contribution in [2.45, 2.75) is 5.88 Å². The SMILES string of the molecule is N#CSCn1c(=O)sc2ccccc21. The molecule has 0 bridgehead atoms. The van der Waals surface area contributed by atoms with Crippen molar-refractivity contribution in [2.24, 2.45) is 0 Å². The van der Waals surface area contributed by atoms with E-state index in [4.69, 9.17) is 5.26 Å². The molecule has 0 atom stereocenters. The van der Waals surface area contributed by atoms with Gasteiger partial charge in [0.15, 0.2) is 0 Å². The fourth-order valence-corrected chi connectivity index (χ4v) is 2.65. The molecule has 0 unspecified atom stereocenters. The Bertz CT molecular complexity index is 550. The van der Waals surface area contributed by atoms with Gasteiger partial charge in [-0.15, -0.1) is 0 Å². The Balaban J connectivity index is 2.58.